The summed E-state index contributed by atoms with van der Waals surface area (Å²) >= 11 is 1.13. The molecule has 0 aliphatic carbocycles. The first-order valence-electron chi connectivity index (χ1n) is 10.6. The molecule has 6 nitrogen and oxygen atoms in total. The summed E-state index contributed by atoms with van der Waals surface area (Å²) < 4.78 is 34.0. The fourth-order valence-corrected chi connectivity index (χ4v) is 5.09. The average Bonchev–Trinajstić information content (AvgIpc) is 3.51. The number of Topliss-reactive ketones (excluding diaryl/α,β-unsaturated/α-hetero) is 1. The van der Waals surface area contributed by atoms with E-state index in [1.165, 1.54) is 0 Å². The molecule has 9 heteroatoms. The van der Waals surface area contributed by atoms with E-state index in [9.17, 15) is 23.5 Å². The lowest BCUT2D eigenvalue weighted by molar-refractivity contribution is -0.117. The second-order valence-corrected chi connectivity index (χ2v) is 9.01. The van der Waals surface area contributed by atoms with Crippen LogP contribution in [-0.2, 0) is 4.79 Å². The molecular formula is C26H18F2N2O4S. The molecule has 3 heterocycles. The van der Waals surface area contributed by atoms with Crippen molar-refractivity contribution in [3.8, 4) is 10.6 Å². The SMILES string of the molecule is Cc1ccc(C2C(C(=O)c3sc(-c4ccccc4)nc3C)=C(O)C(=O)N2c2ccc(F)cc2F)o1. The number of hydrogen-bond donors (Lipinski definition) is 1. The Kier molecular flexibility index (Phi) is 5.56. The average molecular weight is 493 g/mol. The van der Waals surface area contributed by atoms with Crippen molar-refractivity contribution in [3.05, 3.63) is 106 Å². The number of rotatable bonds is 5. The van der Waals surface area contributed by atoms with Crippen molar-refractivity contribution in [1.29, 1.82) is 0 Å². The number of furan rings is 1. The van der Waals surface area contributed by atoms with Crippen LogP contribution in [0.1, 0.15) is 32.9 Å². The number of aromatic nitrogens is 1. The predicted octanol–water partition coefficient (Wildman–Crippen LogP) is 6.08. The Morgan fingerprint density at radius 1 is 1.09 bits per heavy atom. The molecule has 0 radical (unpaired) electrons. The van der Waals surface area contributed by atoms with Gasteiger partial charge in [0.15, 0.2) is 5.76 Å². The van der Waals surface area contributed by atoms with Gasteiger partial charge in [0.2, 0.25) is 5.78 Å². The number of amides is 1. The molecule has 0 saturated heterocycles. The zero-order chi connectivity index (χ0) is 24.9. The largest absolute Gasteiger partial charge is 0.503 e. The topological polar surface area (TPSA) is 83.6 Å². The van der Waals surface area contributed by atoms with Crippen molar-refractivity contribution >= 4 is 28.7 Å². The number of aliphatic hydroxyl groups is 1. The molecule has 0 bridgehead atoms. The molecule has 1 unspecified atom stereocenters. The number of carbonyl (C=O) groups excluding carboxylic acids is 2. The van der Waals surface area contributed by atoms with E-state index in [2.05, 4.69) is 4.98 Å². The number of halogens is 2. The highest BCUT2D eigenvalue weighted by atomic mass is 32.1. The third-order valence-electron chi connectivity index (χ3n) is 5.68. The summed E-state index contributed by atoms with van der Waals surface area (Å²) in [5, 5.41) is 11.4. The van der Waals surface area contributed by atoms with Crippen molar-refractivity contribution in [2.24, 2.45) is 0 Å². The first kappa shape index (κ1) is 22.7. The summed E-state index contributed by atoms with van der Waals surface area (Å²) in [7, 11) is 0. The van der Waals surface area contributed by atoms with E-state index in [-0.39, 0.29) is 21.9 Å². The molecule has 1 N–H and O–H groups in total. The van der Waals surface area contributed by atoms with E-state index >= 15 is 0 Å². The molecule has 176 valence electrons. The molecular weight excluding hydrogens is 474 g/mol. The van der Waals surface area contributed by atoms with Crippen LogP contribution in [0.3, 0.4) is 0 Å². The number of thiazole rings is 1. The van der Waals surface area contributed by atoms with Gasteiger partial charge in [0, 0.05) is 11.6 Å². The van der Waals surface area contributed by atoms with Crippen LogP contribution in [0.2, 0.25) is 0 Å². The maximum absolute atomic E-state index is 14.7. The number of aryl methyl sites for hydroxylation is 2. The summed E-state index contributed by atoms with van der Waals surface area (Å²) in [4.78, 5) is 32.5. The van der Waals surface area contributed by atoms with Gasteiger partial charge in [-0.3, -0.25) is 14.5 Å². The van der Waals surface area contributed by atoms with Crippen molar-refractivity contribution in [1.82, 2.24) is 4.98 Å². The molecule has 5 rings (SSSR count). The number of carbonyl (C=O) groups is 2. The lowest BCUT2D eigenvalue weighted by atomic mass is 9.99. The molecule has 2 aromatic heterocycles. The highest BCUT2D eigenvalue weighted by Gasteiger charge is 2.47. The third kappa shape index (κ3) is 3.83. The molecule has 4 aromatic rings. The molecule has 0 spiro atoms. The minimum atomic E-state index is -1.26. The predicted molar refractivity (Wildman–Crippen MR) is 126 cm³/mol. The number of hydrogen-bond acceptors (Lipinski definition) is 6. The van der Waals surface area contributed by atoms with Gasteiger partial charge in [0.25, 0.3) is 5.91 Å². The fourth-order valence-electron chi connectivity index (χ4n) is 4.07. The van der Waals surface area contributed by atoms with Gasteiger partial charge in [-0.25, -0.2) is 13.8 Å². The van der Waals surface area contributed by atoms with Crippen molar-refractivity contribution in [2.45, 2.75) is 19.9 Å². The zero-order valence-corrected chi connectivity index (χ0v) is 19.4. The Hall–Kier alpha value is -4.11. The lowest BCUT2D eigenvalue weighted by Crippen LogP contribution is -2.31. The number of ketones is 1. The molecule has 1 atom stereocenters. The zero-order valence-electron chi connectivity index (χ0n) is 18.6. The second kappa shape index (κ2) is 8.59. The van der Waals surface area contributed by atoms with E-state index in [1.807, 2.05) is 30.3 Å². The van der Waals surface area contributed by atoms with Gasteiger partial charge in [-0.1, -0.05) is 30.3 Å². The summed E-state index contributed by atoms with van der Waals surface area (Å²) in [5.74, 6) is -3.66. The molecule has 35 heavy (non-hydrogen) atoms. The monoisotopic (exact) mass is 492 g/mol. The lowest BCUT2D eigenvalue weighted by Gasteiger charge is -2.25. The summed E-state index contributed by atoms with van der Waals surface area (Å²) in [5.41, 5.74) is 0.677. The summed E-state index contributed by atoms with van der Waals surface area (Å²) in [6, 6.07) is 13.9. The molecule has 1 aliphatic heterocycles. The highest BCUT2D eigenvalue weighted by Crippen LogP contribution is 2.44. The minimum Gasteiger partial charge on any atom is -0.503 e. The quantitative estimate of drug-likeness (QED) is 0.341. The number of aliphatic hydroxyl groups excluding tert-OH is 1. The smallest absolute Gasteiger partial charge is 0.294 e. The second-order valence-electron chi connectivity index (χ2n) is 8.01. The van der Waals surface area contributed by atoms with Gasteiger partial charge in [0.05, 0.1) is 21.8 Å². The van der Waals surface area contributed by atoms with Crippen LogP contribution in [0.25, 0.3) is 10.6 Å². The maximum Gasteiger partial charge on any atom is 0.294 e. The molecule has 0 saturated carbocycles. The first-order chi connectivity index (χ1) is 16.8. The van der Waals surface area contributed by atoms with Gasteiger partial charge in [-0.2, -0.15) is 0 Å². The number of benzene rings is 2. The van der Waals surface area contributed by atoms with Gasteiger partial charge in [-0.15, -0.1) is 11.3 Å². The Morgan fingerprint density at radius 3 is 2.49 bits per heavy atom. The van der Waals surface area contributed by atoms with Gasteiger partial charge in [-0.05, 0) is 38.1 Å². The van der Waals surface area contributed by atoms with Crippen molar-refractivity contribution in [3.63, 3.8) is 0 Å². The fraction of sp³-hybridized carbons (Fsp3) is 0.115. The van der Waals surface area contributed by atoms with E-state index in [0.29, 0.717) is 22.5 Å². The standard InChI is InChI=1S/C26H18F2N2O4S/c1-13-8-11-19(34-13)21-20(23(32)26(33)30(21)18-10-9-16(27)12-17(18)28)22(31)24-14(2)29-25(35-24)15-6-4-3-5-7-15/h3-12,21,32H,1-2H3. The van der Waals surface area contributed by atoms with Crippen LogP contribution in [0, 0.1) is 25.5 Å². The van der Waals surface area contributed by atoms with Crippen LogP contribution in [0.15, 0.2) is 76.4 Å². The van der Waals surface area contributed by atoms with Gasteiger partial charge >= 0.3 is 0 Å². The Balaban J connectivity index is 1.64. The van der Waals surface area contributed by atoms with Crippen molar-refractivity contribution < 1.29 is 27.9 Å². The molecule has 0 fully saturated rings. The number of anilines is 1. The van der Waals surface area contributed by atoms with E-state index in [0.717, 1.165) is 33.9 Å². The summed E-state index contributed by atoms with van der Waals surface area (Å²) in [6.45, 7) is 3.33. The van der Waals surface area contributed by atoms with E-state index < -0.39 is 35.1 Å². The summed E-state index contributed by atoms with van der Waals surface area (Å²) in [6.07, 6.45) is 0. The van der Waals surface area contributed by atoms with Crippen LogP contribution >= 0.6 is 11.3 Å². The Bertz CT molecular complexity index is 1510. The number of nitrogens with zero attached hydrogens (tertiary/aromatic N) is 2. The maximum atomic E-state index is 14.7. The van der Waals surface area contributed by atoms with Gasteiger partial charge < -0.3 is 9.52 Å². The van der Waals surface area contributed by atoms with Crippen LogP contribution in [-0.4, -0.2) is 21.8 Å². The van der Waals surface area contributed by atoms with Crippen molar-refractivity contribution in [2.75, 3.05) is 4.90 Å². The van der Waals surface area contributed by atoms with Gasteiger partial charge in [0.1, 0.15) is 34.2 Å². The minimum absolute atomic E-state index is 0.150. The highest BCUT2D eigenvalue weighted by molar-refractivity contribution is 7.17. The van der Waals surface area contributed by atoms with E-state index in [4.69, 9.17) is 4.42 Å². The third-order valence-corrected chi connectivity index (χ3v) is 6.88. The first-order valence-corrected chi connectivity index (χ1v) is 11.4. The molecule has 1 aliphatic rings. The molecule has 2 aromatic carbocycles. The normalized spacial score (nSPS) is 15.8. The van der Waals surface area contributed by atoms with Crippen LogP contribution in [0.4, 0.5) is 14.5 Å². The van der Waals surface area contributed by atoms with Crippen LogP contribution in [0.5, 0.6) is 0 Å². The molecule has 1 amide bonds. The Morgan fingerprint density at radius 2 is 1.83 bits per heavy atom. The van der Waals surface area contributed by atoms with Crippen LogP contribution < -0.4 is 4.90 Å². The van der Waals surface area contributed by atoms with E-state index in [1.54, 1.807) is 26.0 Å². The Labute approximate surface area is 202 Å².